The summed E-state index contributed by atoms with van der Waals surface area (Å²) in [6.45, 7) is 0. The molecule has 1 N–H and O–H groups in total. The Morgan fingerprint density at radius 1 is 1.20 bits per heavy atom. The molecule has 2 aromatic rings. The first kappa shape index (κ1) is 9.47. The van der Waals surface area contributed by atoms with Crippen LogP contribution in [0, 0.1) is 17.1 Å². The van der Waals surface area contributed by atoms with Gasteiger partial charge in [0.2, 0.25) is 0 Å². The van der Waals surface area contributed by atoms with E-state index in [4.69, 9.17) is 5.26 Å². The molecule has 1 atom stereocenters. The van der Waals surface area contributed by atoms with Crippen molar-refractivity contribution in [3.05, 3.63) is 59.7 Å². The van der Waals surface area contributed by atoms with E-state index in [0.29, 0.717) is 0 Å². The molecule has 3 heteroatoms. The van der Waals surface area contributed by atoms with Gasteiger partial charge in [-0.25, -0.2) is 4.39 Å². The second kappa shape index (κ2) is 3.97. The van der Waals surface area contributed by atoms with Gasteiger partial charge in [0.05, 0.1) is 6.07 Å². The fourth-order valence-electron chi connectivity index (χ4n) is 1.50. The van der Waals surface area contributed by atoms with Gasteiger partial charge in [-0.2, -0.15) is 5.26 Å². The number of hydrogen-bond donors (Lipinski definition) is 1. The molecule has 0 aliphatic heterocycles. The summed E-state index contributed by atoms with van der Waals surface area (Å²) in [5.74, 6) is -0.650. The predicted octanol–water partition coefficient (Wildman–Crippen LogP) is 2.81. The van der Waals surface area contributed by atoms with Crippen molar-refractivity contribution < 1.29 is 4.39 Å². The molecule has 0 fully saturated rings. The Balaban J connectivity index is 2.37. The van der Waals surface area contributed by atoms with Gasteiger partial charge in [-0.3, -0.25) is 0 Å². The number of aromatic nitrogens is 1. The Bertz CT molecular complexity index is 465. The minimum Gasteiger partial charge on any atom is -0.364 e. The third-order valence-corrected chi connectivity index (χ3v) is 2.27. The first-order valence-corrected chi connectivity index (χ1v) is 4.59. The summed E-state index contributed by atoms with van der Waals surface area (Å²) in [7, 11) is 0. The van der Waals surface area contributed by atoms with E-state index < -0.39 is 0 Å². The minimum atomic E-state index is -0.361. The zero-order valence-electron chi connectivity index (χ0n) is 7.94. The van der Waals surface area contributed by atoms with Crippen LogP contribution in [-0.4, -0.2) is 4.98 Å². The highest BCUT2D eigenvalue weighted by atomic mass is 19.1. The second-order valence-corrected chi connectivity index (χ2v) is 3.24. The van der Waals surface area contributed by atoms with Gasteiger partial charge in [0.1, 0.15) is 11.7 Å². The monoisotopic (exact) mass is 200 g/mol. The molecule has 1 aromatic carbocycles. The van der Waals surface area contributed by atoms with Crippen LogP contribution in [0.5, 0.6) is 0 Å². The topological polar surface area (TPSA) is 39.6 Å². The standard InChI is InChI=1S/C12H9FN2/c13-10-5-3-9(4-6-10)11(8-14)12-2-1-7-15-12/h1-7,11,15H/t11-/m0/s1. The lowest BCUT2D eigenvalue weighted by Gasteiger charge is -2.06. The van der Waals surface area contributed by atoms with Gasteiger partial charge in [-0.1, -0.05) is 12.1 Å². The van der Waals surface area contributed by atoms with Crippen molar-refractivity contribution in [2.45, 2.75) is 5.92 Å². The van der Waals surface area contributed by atoms with Crippen LogP contribution in [0.15, 0.2) is 42.6 Å². The molecule has 0 spiro atoms. The van der Waals surface area contributed by atoms with Gasteiger partial charge in [0.25, 0.3) is 0 Å². The summed E-state index contributed by atoms with van der Waals surface area (Å²) < 4.78 is 12.7. The zero-order valence-corrected chi connectivity index (χ0v) is 7.94. The van der Waals surface area contributed by atoms with E-state index in [1.165, 1.54) is 12.1 Å². The van der Waals surface area contributed by atoms with Gasteiger partial charge in [0.15, 0.2) is 0 Å². The van der Waals surface area contributed by atoms with Crippen LogP contribution in [0.4, 0.5) is 4.39 Å². The number of H-pyrrole nitrogens is 1. The minimum absolute atomic E-state index is 0.290. The quantitative estimate of drug-likeness (QED) is 0.795. The third kappa shape index (κ3) is 1.89. The van der Waals surface area contributed by atoms with Gasteiger partial charge in [-0.15, -0.1) is 0 Å². The van der Waals surface area contributed by atoms with Crippen molar-refractivity contribution in [3.63, 3.8) is 0 Å². The Morgan fingerprint density at radius 3 is 2.47 bits per heavy atom. The maximum atomic E-state index is 12.7. The molecule has 0 aliphatic carbocycles. The van der Waals surface area contributed by atoms with E-state index in [0.717, 1.165) is 11.3 Å². The van der Waals surface area contributed by atoms with E-state index in [-0.39, 0.29) is 11.7 Å². The fraction of sp³-hybridized carbons (Fsp3) is 0.0833. The molecule has 0 radical (unpaired) electrons. The molecule has 0 amide bonds. The molecule has 0 saturated heterocycles. The lowest BCUT2D eigenvalue weighted by atomic mass is 9.97. The molecule has 74 valence electrons. The lowest BCUT2D eigenvalue weighted by molar-refractivity contribution is 0.627. The molecule has 2 rings (SSSR count). The van der Waals surface area contributed by atoms with Crippen molar-refractivity contribution in [2.75, 3.05) is 0 Å². The summed E-state index contributed by atoms with van der Waals surface area (Å²) in [6, 6.07) is 11.9. The van der Waals surface area contributed by atoms with Gasteiger partial charge in [-0.05, 0) is 29.8 Å². The van der Waals surface area contributed by atoms with Crippen molar-refractivity contribution in [2.24, 2.45) is 0 Å². The van der Waals surface area contributed by atoms with E-state index in [1.54, 1.807) is 18.3 Å². The highest BCUT2D eigenvalue weighted by Crippen LogP contribution is 2.22. The molecule has 15 heavy (non-hydrogen) atoms. The maximum Gasteiger partial charge on any atom is 0.123 e. The summed E-state index contributed by atoms with van der Waals surface area (Å²) >= 11 is 0. The normalized spacial score (nSPS) is 12.0. The molecular weight excluding hydrogens is 191 g/mol. The largest absolute Gasteiger partial charge is 0.364 e. The van der Waals surface area contributed by atoms with Crippen molar-refractivity contribution >= 4 is 0 Å². The van der Waals surface area contributed by atoms with Crippen LogP contribution in [0.25, 0.3) is 0 Å². The van der Waals surface area contributed by atoms with Crippen LogP contribution >= 0.6 is 0 Å². The van der Waals surface area contributed by atoms with Crippen LogP contribution < -0.4 is 0 Å². The van der Waals surface area contributed by atoms with Gasteiger partial charge in [0, 0.05) is 11.9 Å². The van der Waals surface area contributed by atoms with Crippen molar-refractivity contribution in [3.8, 4) is 6.07 Å². The maximum absolute atomic E-state index is 12.7. The SMILES string of the molecule is N#C[C@@H](c1ccc(F)cc1)c1ccc[nH]1. The molecule has 2 nitrogen and oxygen atoms in total. The summed E-state index contributed by atoms with van der Waals surface area (Å²) in [6.07, 6.45) is 1.77. The molecule has 1 heterocycles. The number of hydrogen-bond acceptors (Lipinski definition) is 1. The van der Waals surface area contributed by atoms with Crippen LogP contribution in [0.3, 0.4) is 0 Å². The first-order chi connectivity index (χ1) is 7.31. The van der Waals surface area contributed by atoms with Gasteiger partial charge < -0.3 is 4.98 Å². The average molecular weight is 200 g/mol. The van der Waals surface area contributed by atoms with E-state index in [2.05, 4.69) is 11.1 Å². The van der Waals surface area contributed by atoms with E-state index >= 15 is 0 Å². The number of aromatic amines is 1. The summed E-state index contributed by atoms with van der Waals surface area (Å²) in [4.78, 5) is 2.99. The summed E-state index contributed by atoms with van der Waals surface area (Å²) in [5, 5.41) is 9.06. The van der Waals surface area contributed by atoms with Crippen LogP contribution in [-0.2, 0) is 0 Å². The average Bonchev–Trinajstić information content (AvgIpc) is 2.75. The Labute approximate surface area is 87.0 Å². The van der Waals surface area contributed by atoms with Crippen molar-refractivity contribution in [1.82, 2.24) is 4.98 Å². The Morgan fingerprint density at radius 2 is 1.93 bits per heavy atom. The molecule has 0 aliphatic rings. The second-order valence-electron chi connectivity index (χ2n) is 3.24. The van der Waals surface area contributed by atoms with Crippen molar-refractivity contribution in [1.29, 1.82) is 5.26 Å². The predicted molar refractivity (Wildman–Crippen MR) is 54.6 cm³/mol. The Kier molecular flexibility index (Phi) is 2.51. The van der Waals surface area contributed by atoms with E-state index in [9.17, 15) is 4.39 Å². The van der Waals surface area contributed by atoms with Crippen LogP contribution in [0.1, 0.15) is 17.2 Å². The number of nitrogens with one attached hydrogen (secondary N) is 1. The molecule has 1 aromatic heterocycles. The smallest absolute Gasteiger partial charge is 0.123 e. The number of halogens is 1. The summed E-state index contributed by atoms with van der Waals surface area (Å²) in [5.41, 5.74) is 1.62. The molecule has 0 saturated carbocycles. The van der Waals surface area contributed by atoms with Gasteiger partial charge >= 0.3 is 0 Å². The number of nitriles is 1. The fourth-order valence-corrected chi connectivity index (χ4v) is 1.50. The number of nitrogens with zero attached hydrogens (tertiary/aromatic N) is 1. The zero-order chi connectivity index (χ0) is 10.7. The number of benzene rings is 1. The lowest BCUT2D eigenvalue weighted by Crippen LogP contribution is -1.98. The molecule has 0 bridgehead atoms. The molecular formula is C12H9FN2. The third-order valence-electron chi connectivity index (χ3n) is 2.27. The molecule has 0 unspecified atom stereocenters. The van der Waals surface area contributed by atoms with E-state index in [1.807, 2.05) is 12.1 Å². The first-order valence-electron chi connectivity index (χ1n) is 4.59. The number of rotatable bonds is 2. The van der Waals surface area contributed by atoms with Crippen LogP contribution in [0.2, 0.25) is 0 Å². The highest BCUT2D eigenvalue weighted by Gasteiger charge is 2.13. The highest BCUT2D eigenvalue weighted by molar-refractivity contribution is 5.34. The Hall–Kier alpha value is -2.08.